The molecule has 0 aromatic rings. The van der Waals surface area contributed by atoms with Crippen molar-refractivity contribution in [2.75, 3.05) is 6.61 Å². The highest BCUT2D eigenvalue weighted by atomic mass is 16.6. The van der Waals surface area contributed by atoms with Gasteiger partial charge in [0.2, 0.25) is 0 Å². The smallest absolute Gasteiger partial charge is 0.334 e. The molecule has 1 aliphatic carbocycles. The Hall–Kier alpha value is -1.72. The summed E-state index contributed by atoms with van der Waals surface area (Å²) in [5.41, 5.74) is 1.42. The SMILES string of the molecule is C=C1C(=O)OC2/C=C(/CO)CC/C=C(/C=O)CC(O)C12. The summed E-state index contributed by atoms with van der Waals surface area (Å²) in [7, 11) is 0. The van der Waals surface area contributed by atoms with E-state index in [0.717, 1.165) is 5.57 Å². The van der Waals surface area contributed by atoms with Crippen LogP contribution in [0, 0.1) is 5.92 Å². The van der Waals surface area contributed by atoms with E-state index in [9.17, 15) is 19.8 Å². The Morgan fingerprint density at radius 3 is 2.90 bits per heavy atom. The van der Waals surface area contributed by atoms with Gasteiger partial charge in [0.05, 0.1) is 18.6 Å². The van der Waals surface area contributed by atoms with Crippen LogP contribution in [0.25, 0.3) is 0 Å². The minimum absolute atomic E-state index is 0.145. The maximum Gasteiger partial charge on any atom is 0.334 e. The van der Waals surface area contributed by atoms with Gasteiger partial charge in [-0.2, -0.15) is 0 Å². The van der Waals surface area contributed by atoms with E-state index in [1.54, 1.807) is 12.2 Å². The van der Waals surface area contributed by atoms with Gasteiger partial charge in [-0.3, -0.25) is 4.79 Å². The van der Waals surface area contributed by atoms with Gasteiger partial charge in [-0.1, -0.05) is 12.7 Å². The first kappa shape index (κ1) is 14.7. The lowest BCUT2D eigenvalue weighted by atomic mass is 9.85. The Morgan fingerprint density at radius 1 is 1.50 bits per heavy atom. The van der Waals surface area contributed by atoms with Crippen LogP contribution in [0.1, 0.15) is 19.3 Å². The minimum atomic E-state index is -0.912. The fourth-order valence-corrected chi connectivity index (χ4v) is 2.63. The summed E-state index contributed by atoms with van der Waals surface area (Å²) in [5.74, 6) is -1.12. The minimum Gasteiger partial charge on any atom is -0.454 e. The van der Waals surface area contributed by atoms with Crippen molar-refractivity contribution in [3.8, 4) is 0 Å². The van der Waals surface area contributed by atoms with E-state index >= 15 is 0 Å². The molecule has 5 nitrogen and oxygen atoms in total. The van der Waals surface area contributed by atoms with E-state index in [0.29, 0.717) is 24.7 Å². The Labute approximate surface area is 117 Å². The predicted octanol–water partition coefficient (Wildman–Crippen LogP) is 0.673. The van der Waals surface area contributed by atoms with Gasteiger partial charge in [0.25, 0.3) is 0 Å². The first-order chi connectivity index (χ1) is 9.56. The van der Waals surface area contributed by atoms with E-state index in [1.165, 1.54) is 0 Å². The molecule has 1 saturated heterocycles. The van der Waals surface area contributed by atoms with Crippen LogP contribution in [0.3, 0.4) is 0 Å². The van der Waals surface area contributed by atoms with Crippen LogP contribution < -0.4 is 0 Å². The topological polar surface area (TPSA) is 83.8 Å². The number of hydrogen-bond donors (Lipinski definition) is 2. The summed E-state index contributed by atoms with van der Waals surface area (Å²) < 4.78 is 5.19. The normalized spacial score (nSPS) is 36.2. The number of hydrogen-bond acceptors (Lipinski definition) is 5. The van der Waals surface area contributed by atoms with Crippen molar-refractivity contribution in [2.45, 2.75) is 31.5 Å². The molecule has 1 fully saturated rings. The third kappa shape index (κ3) is 2.89. The van der Waals surface area contributed by atoms with Gasteiger partial charge in [0.1, 0.15) is 12.4 Å². The fourth-order valence-electron chi connectivity index (χ4n) is 2.63. The number of ether oxygens (including phenoxy) is 1. The monoisotopic (exact) mass is 278 g/mol. The molecular formula is C15H18O5. The molecule has 0 radical (unpaired) electrons. The number of aliphatic hydroxyl groups is 2. The zero-order valence-electron chi connectivity index (χ0n) is 11.1. The molecule has 20 heavy (non-hydrogen) atoms. The Kier molecular flexibility index (Phi) is 4.52. The molecule has 0 amide bonds. The summed E-state index contributed by atoms with van der Waals surface area (Å²) >= 11 is 0. The van der Waals surface area contributed by atoms with Crippen LogP contribution in [-0.4, -0.2) is 41.3 Å². The highest BCUT2D eigenvalue weighted by Gasteiger charge is 2.42. The van der Waals surface area contributed by atoms with Crippen LogP contribution in [0.5, 0.6) is 0 Å². The third-order valence-electron chi connectivity index (χ3n) is 3.75. The Bertz CT molecular complexity index is 488. The maximum absolute atomic E-state index is 11.6. The molecule has 0 bridgehead atoms. The van der Waals surface area contributed by atoms with Crippen LogP contribution in [-0.2, 0) is 14.3 Å². The number of carbonyl (C=O) groups is 2. The molecule has 0 aromatic heterocycles. The van der Waals surface area contributed by atoms with E-state index in [-0.39, 0.29) is 18.6 Å². The van der Waals surface area contributed by atoms with E-state index in [1.807, 2.05) is 0 Å². The first-order valence-corrected chi connectivity index (χ1v) is 6.59. The molecule has 5 heteroatoms. The van der Waals surface area contributed by atoms with Crippen molar-refractivity contribution in [1.29, 1.82) is 0 Å². The van der Waals surface area contributed by atoms with Gasteiger partial charge in [-0.05, 0) is 30.1 Å². The van der Waals surface area contributed by atoms with Crippen LogP contribution in [0.2, 0.25) is 0 Å². The summed E-state index contributed by atoms with van der Waals surface area (Å²) in [5, 5.41) is 19.6. The molecule has 108 valence electrons. The molecule has 2 rings (SSSR count). The lowest BCUT2D eigenvalue weighted by Gasteiger charge is -2.22. The van der Waals surface area contributed by atoms with Crippen molar-refractivity contribution in [3.63, 3.8) is 0 Å². The van der Waals surface area contributed by atoms with Gasteiger partial charge in [-0.15, -0.1) is 0 Å². The van der Waals surface area contributed by atoms with Gasteiger partial charge in [-0.25, -0.2) is 4.79 Å². The van der Waals surface area contributed by atoms with Crippen LogP contribution >= 0.6 is 0 Å². The van der Waals surface area contributed by atoms with Crippen LogP contribution in [0.4, 0.5) is 0 Å². The molecule has 0 aromatic carbocycles. The van der Waals surface area contributed by atoms with Gasteiger partial charge in [0.15, 0.2) is 0 Å². The number of fused-ring (bicyclic) bond motifs is 1. The van der Waals surface area contributed by atoms with Gasteiger partial charge >= 0.3 is 5.97 Å². The van der Waals surface area contributed by atoms with Gasteiger partial charge < -0.3 is 14.9 Å². The van der Waals surface area contributed by atoms with Crippen LogP contribution in [0.15, 0.2) is 35.5 Å². The molecule has 3 atom stereocenters. The number of esters is 1. The molecule has 2 aliphatic rings. The fraction of sp³-hybridized carbons (Fsp3) is 0.467. The zero-order chi connectivity index (χ0) is 14.7. The van der Waals surface area contributed by atoms with Crippen molar-refractivity contribution in [3.05, 3.63) is 35.5 Å². The standard InChI is InChI=1S/C15H18O5/c1-9-14-12(18)5-10(7-16)3-2-4-11(8-17)6-13(14)20-15(9)19/h3,6-7,12-14,17-18H,1-2,4-5,8H2/b10-3+,11-6+. The zero-order valence-corrected chi connectivity index (χ0v) is 11.1. The summed E-state index contributed by atoms with van der Waals surface area (Å²) in [4.78, 5) is 22.6. The molecule has 1 aliphatic heterocycles. The average molecular weight is 278 g/mol. The lowest BCUT2D eigenvalue weighted by molar-refractivity contribution is -0.137. The quantitative estimate of drug-likeness (QED) is 0.336. The average Bonchev–Trinajstić information content (AvgIpc) is 2.71. The highest BCUT2D eigenvalue weighted by Crippen LogP contribution is 2.34. The molecular weight excluding hydrogens is 260 g/mol. The van der Waals surface area contributed by atoms with Crippen molar-refractivity contribution >= 4 is 12.3 Å². The highest BCUT2D eigenvalue weighted by molar-refractivity contribution is 5.91. The molecule has 2 N–H and O–H groups in total. The first-order valence-electron chi connectivity index (χ1n) is 6.59. The van der Waals surface area contributed by atoms with E-state index < -0.39 is 24.1 Å². The molecule has 0 saturated carbocycles. The van der Waals surface area contributed by atoms with E-state index in [4.69, 9.17) is 4.74 Å². The number of aliphatic hydroxyl groups excluding tert-OH is 2. The number of allylic oxidation sites excluding steroid dienone is 1. The number of carbonyl (C=O) groups excluding carboxylic acids is 2. The lowest BCUT2D eigenvalue weighted by Crippen LogP contribution is -2.29. The van der Waals surface area contributed by atoms with Crippen molar-refractivity contribution < 1.29 is 24.5 Å². The molecule has 0 spiro atoms. The largest absolute Gasteiger partial charge is 0.454 e. The Balaban J connectivity index is 2.36. The maximum atomic E-state index is 11.6. The van der Waals surface area contributed by atoms with Gasteiger partial charge in [0, 0.05) is 12.0 Å². The third-order valence-corrected chi connectivity index (χ3v) is 3.75. The molecule has 3 unspecified atom stereocenters. The molecule has 1 heterocycles. The number of rotatable bonds is 2. The summed E-state index contributed by atoms with van der Waals surface area (Å²) in [6.45, 7) is 3.52. The number of aldehydes is 1. The van der Waals surface area contributed by atoms with Crippen molar-refractivity contribution in [1.82, 2.24) is 0 Å². The second-order valence-electron chi connectivity index (χ2n) is 5.11. The second-order valence-corrected chi connectivity index (χ2v) is 5.11. The second kappa shape index (κ2) is 6.15. The van der Waals surface area contributed by atoms with E-state index in [2.05, 4.69) is 6.58 Å². The summed E-state index contributed by atoms with van der Waals surface area (Å²) in [6.07, 6.45) is 3.95. The Morgan fingerprint density at radius 2 is 2.25 bits per heavy atom. The van der Waals surface area contributed by atoms with Crippen molar-refractivity contribution in [2.24, 2.45) is 5.92 Å². The summed E-state index contributed by atoms with van der Waals surface area (Å²) in [6, 6.07) is 0. The predicted molar refractivity (Wildman–Crippen MR) is 71.7 cm³/mol.